The van der Waals surface area contributed by atoms with E-state index in [-0.39, 0.29) is 0 Å². The molecule has 34 valence electrons. The van der Waals surface area contributed by atoms with Crippen LogP contribution < -0.4 is 5.73 Å². The van der Waals surface area contributed by atoms with Gasteiger partial charge in [0.05, 0.1) is 0 Å². The maximum absolute atomic E-state index is 5.68. The van der Waals surface area contributed by atoms with Crippen LogP contribution in [0.5, 0.6) is 0 Å². The van der Waals surface area contributed by atoms with Crippen LogP contribution in [0.3, 0.4) is 0 Å². The van der Waals surface area contributed by atoms with E-state index < -0.39 is 0 Å². The summed E-state index contributed by atoms with van der Waals surface area (Å²) in [5.74, 6) is 1.81. The molecule has 0 amide bonds. The molecule has 3 unspecified atom stereocenters. The number of rotatable bonds is 0. The lowest BCUT2D eigenvalue weighted by Crippen LogP contribution is -2.13. The van der Waals surface area contributed by atoms with Crippen molar-refractivity contribution in [1.82, 2.24) is 0 Å². The quantitative estimate of drug-likeness (QED) is 0.449. The molecule has 0 spiro atoms. The molecule has 2 aliphatic rings. The first kappa shape index (κ1) is 3.03. The predicted molar refractivity (Wildman–Crippen MR) is 24.2 cm³/mol. The highest BCUT2D eigenvalue weighted by Crippen LogP contribution is 2.69. The van der Waals surface area contributed by atoms with E-state index in [0.29, 0.717) is 5.54 Å². The van der Waals surface area contributed by atoms with E-state index in [1.807, 2.05) is 0 Å². The largest absolute Gasteiger partial charge is 0.325 e. The summed E-state index contributed by atoms with van der Waals surface area (Å²) in [6.45, 7) is 2.23. The summed E-state index contributed by atoms with van der Waals surface area (Å²) in [5.41, 5.74) is 6.06. The highest BCUT2D eigenvalue weighted by Gasteiger charge is 2.73. The van der Waals surface area contributed by atoms with Crippen molar-refractivity contribution in [2.45, 2.75) is 18.9 Å². The summed E-state index contributed by atoms with van der Waals surface area (Å²) >= 11 is 0. The minimum absolute atomic E-state index is 0.375. The van der Waals surface area contributed by atoms with E-state index in [2.05, 4.69) is 6.92 Å². The summed E-state index contributed by atoms with van der Waals surface area (Å²) in [7, 11) is 0. The van der Waals surface area contributed by atoms with Gasteiger partial charge in [-0.15, -0.1) is 0 Å². The molecule has 3 atom stereocenters. The zero-order chi connectivity index (χ0) is 4.36. The van der Waals surface area contributed by atoms with Gasteiger partial charge in [0.1, 0.15) is 0 Å². The first-order valence-corrected chi connectivity index (χ1v) is 2.54. The molecule has 1 nitrogen and oxygen atoms in total. The highest BCUT2D eigenvalue weighted by molar-refractivity contribution is 5.29. The van der Waals surface area contributed by atoms with Gasteiger partial charge in [-0.1, -0.05) is 6.92 Å². The average Bonchev–Trinajstić information content (AvgIpc) is 2.24. The smallest absolute Gasteiger partial charge is 0.0219 e. The Morgan fingerprint density at radius 2 is 2.17 bits per heavy atom. The normalized spacial score (nSPS) is 73.0. The second-order valence-electron chi connectivity index (χ2n) is 2.71. The van der Waals surface area contributed by atoms with E-state index in [9.17, 15) is 0 Å². The molecule has 2 rings (SSSR count). The fourth-order valence-electron chi connectivity index (χ4n) is 1.28. The zero-order valence-corrected chi connectivity index (χ0v) is 3.94. The average molecular weight is 83.1 g/mol. The van der Waals surface area contributed by atoms with E-state index in [4.69, 9.17) is 5.73 Å². The van der Waals surface area contributed by atoms with Crippen LogP contribution in [0.4, 0.5) is 0 Å². The van der Waals surface area contributed by atoms with Crippen LogP contribution in [0.2, 0.25) is 0 Å². The molecule has 0 bridgehead atoms. The fraction of sp³-hybridized carbons (Fsp3) is 1.00. The first-order valence-electron chi connectivity index (χ1n) is 2.54. The zero-order valence-electron chi connectivity index (χ0n) is 3.94. The molecule has 0 aromatic carbocycles. The molecule has 0 aromatic heterocycles. The standard InChI is InChI=1S/C5H9N/c1-3-4-2-5(3,4)6/h3-4H,2,6H2,1H3. The van der Waals surface area contributed by atoms with E-state index in [0.717, 1.165) is 11.8 Å². The van der Waals surface area contributed by atoms with Crippen LogP contribution >= 0.6 is 0 Å². The number of fused-ring (bicyclic) bond motifs is 1. The maximum atomic E-state index is 5.68. The molecule has 6 heavy (non-hydrogen) atoms. The van der Waals surface area contributed by atoms with Crippen molar-refractivity contribution in [3.05, 3.63) is 0 Å². The Morgan fingerprint density at radius 1 is 1.83 bits per heavy atom. The van der Waals surface area contributed by atoms with E-state index in [1.165, 1.54) is 6.42 Å². The summed E-state index contributed by atoms with van der Waals surface area (Å²) in [5, 5.41) is 0. The van der Waals surface area contributed by atoms with Gasteiger partial charge in [0, 0.05) is 5.54 Å². The molecule has 0 aromatic rings. The van der Waals surface area contributed by atoms with Gasteiger partial charge >= 0.3 is 0 Å². The lowest BCUT2D eigenvalue weighted by atomic mass is 10.2. The van der Waals surface area contributed by atoms with Crippen LogP contribution in [0.25, 0.3) is 0 Å². The number of hydrogen-bond donors (Lipinski definition) is 1. The van der Waals surface area contributed by atoms with Gasteiger partial charge in [-0.2, -0.15) is 0 Å². The van der Waals surface area contributed by atoms with Gasteiger partial charge in [-0.3, -0.25) is 0 Å². The molecule has 1 heteroatoms. The van der Waals surface area contributed by atoms with Gasteiger partial charge in [0.2, 0.25) is 0 Å². The van der Waals surface area contributed by atoms with Crippen LogP contribution in [0, 0.1) is 11.8 Å². The van der Waals surface area contributed by atoms with Crippen molar-refractivity contribution in [2.75, 3.05) is 0 Å². The first-order chi connectivity index (χ1) is 2.75. The Balaban J connectivity index is 2.23. The second kappa shape index (κ2) is 0.463. The Kier molecular flexibility index (Phi) is 0.234. The van der Waals surface area contributed by atoms with Gasteiger partial charge in [-0.05, 0) is 18.3 Å². The lowest BCUT2D eigenvalue weighted by molar-refractivity contribution is 0.620. The Labute approximate surface area is 37.5 Å². The number of nitrogens with two attached hydrogens (primary N) is 1. The maximum Gasteiger partial charge on any atom is 0.0219 e. The van der Waals surface area contributed by atoms with Crippen molar-refractivity contribution >= 4 is 0 Å². The molecule has 0 heterocycles. The van der Waals surface area contributed by atoms with Crippen molar-refractivity contribution in [2.24, 2.45) is 17.6 Å². The molecule has 2 N–H and O–H groups in total. The van der Waals surface area contributed by atoms with E-state index in [1.54, 1.807) is 0 Å². The van der Waals surface area contributed by atoms with Gasteiger partial charge < -0.3 is 5.73 Å². The molecule has 2 fully saturated rings. The molecular weight excluding hydrogens is 74.1 g/mol. The Bertz CT molecular complexity index is 94.1. The molecule has 0 saturated heterocycles. The van der Waals surface area contributed by atoms with Gasteiger partial charge in [0.15, 0.2) is 0 Å². The minimum Gasteiger partial charge on any atom is -0.325 e. The minimum atomic E-state index is 0.375. The van der Waals surface area contributed by atoms with Crippen molar-refractivity contribution in [1.29, 1.82) is 0 Å². The molecule has 0 aliphatic heterocycles. The van der Waals surface area contributed by atoms with Gasteiger partial charge in [-0.25, -0.2) is 0 Å². The number of hydrogen-bond acceptors (Lipinski definition) is 1. The summed E-state index contributed by atoms with van der Waals surface area (Å²) in [6, 6.07) is 0. The SMILES string of the molecule is CC1C2CC12N. The molecule has 2 saturated carbocycles. The Hall–Kier alpha value is -0.0400. The summed E-state index contributed by atoms with van der Waals surface area (Å²) < 4.78 is 0. The van der Waals surface area contributed by atoms with Crippen LogP contribution in [-0.4, -0.2) is 5.54 Å². The second-order valence-corrected chi connectivity index (χ2v) is 2.71. The van der Waals surface area contributed by atoms with Crippen molar-refractivity contribution in [3.8, 4) is 0 Å². The van der Waals surface area contributed by atoms with Crippen LogP contribution in [-0.2, 0) is 0 Å². The van der Waals surface area contributed by atoms with Crippen molar-refractivity contribution in [3.63, 3.8) is 0 Å². The fourth-order valence-corrected chi connectivity index (χ4v) is 1.28. The molecule has 0 radical (unpaired) electrons. The highest BCUT2D eigenvalue weighted by atomic mass is 15.0. The lowest BCUT2D eigenvalue weighted by Gasteiger charge is -1.94. The van der Waals surface area contributed by atoms with Crippen LogP contribution in [0.1, 0.15) is 13.3 Å². The molecular formula is C5H9N. The molecule has 2 aliphatic carbocycles. The summed E-state index contributed by atoms with van der Waals surface area (Å²) in [6.07, 6.45) is 1.31. The third kappa shape index (κ3) is 0.121. The third-order valence-corrected chi connectivity index (χ3v) is 2.45. The monoisotopic (exact) mass is 83.1 g/mol. The third-order valence-electron chi connectivity index (χ3n) is 2.45. The summed E-state index contributed by atoms with van der Waals surface area (Å²) in [4.78, 5) is 0. The topological polar surface area (TPSA) is 26.0 Å². The van der Waals surface area contributed by atoms with E-state index >= 15 is 0 Å². The Morgan fingerprint density at radius 3 is 2.17 bits per heavy atom. The predicted octanol–water partition coefficient (Wildman–Crippen LogP) is 0.354. The van der Waals surface area contributed by atoms with Crippen molar-refractivity contribution < 1.29 is 0 Å². The van der Waals surface area contributed by atoms with Crippen LogP contribution in [0.15, 0.2) is 0 Å². The van der Waals surface area contributed by atoms with Gasteiger partial charge in [0.25, 0.3) is 0 Å².